The van der Waals surface area contributed by atoms with Crippen LogP contribution in [0.2, 0.25) is 5.02 Å². The van der Waals surface area contributed by atoms with E-state index in [1.165, 1.54) is 21.8 Å². The minimum atomic E-state index is -3.30. The van der Waals surface area contributed by atoms with Crippen LogP contribution in [-0.4, -0.2) is 75.3 Å². The maximum Gasteiger partial charge on any atom is 0.285 e. The van der Waals surface area contributed by atoms with Gasteiger partial charge in [-0.25, -0.2) is 19.9 Å². The largest absolute Gasteiger partial charge is 0.353 e. The summed E-state index contributed by atoms with van der Waals surface area (Å²) in [6, 6.07) is 1.99. The van der Waals surface area contributed by atoms with Crippen LogP contribution in [0.1, 0.15) is 43.7 Å². The molecule has 4 heterocycles. The number of carbonyl (C=O) groups is 3. The van der Waals surface area contributed by atoms with Crippen LogP contribution in [0.4, 0.5) is 20.4 Å². The molecule has 212 valence electrons. The highest BCUT2D eigenvalue weighted by molar-refractivity contribution is 7.17. The van der Waals surface area contributed by atoms with Gasteiger partial charge in [-0.1, -0.05) is 20.8 Å². The fourth-order valence-corrected chi connectivity index (χ4v) is 5.20. The van der Waals surface area contributed by atoms with Gasteiger partial charge in [0.1, 0.15) is 33.5 Å². The zero-order valence-corrected chi connectivity index (χ0v) is 23.8. The van der Waals surface area contributed by atoms with Crippen LogP contribution in [0.15, 0.2) is 30.9 Å². The quantitative estimate of drug-likeness (QED) is 0.325. The molecule has 17 heteroatoms. The number of hydrogen-bond acceptors (Lipinski definition) is 10. The molecule has 2 unspecified atom stereocenters. The number of anilines is 2. The lowest BCUT2D eigenvalue weighted by Crippen LogP contribution is -2.50. The summed E-state index contributed by atoms with van der Waals surface area (Å²) in [5.74, 6) is -0.737. The summed E-state index contributed by atoms with van der Waals surface area (Å²) in [5.41, 5.74) is 1.78. The van der Waals surface area contributed by atoms with Crippen molar-refractivity contribution < 1.29 is 23.2 Å². The van der Waals surface area contributed by atoms with Crippen molar-refractivity contribution in [3.05, 3.63) is 57.0 Å². The molecule has 0 spiro atoms. The number of pyridine rings is 1. The summed E-state index contributed by atoms with van der Waals surface area (Å²) in [4.78, 5) is 57.6. The van der Waals surface area contributed by atoms with Gasteiger partial charge >= 0.3 is 0 Å². The first kappa shape index (κ1) is 29.6. The Balaban J connectivity index is 1.37. The Morgan fingerprint density at radius 1 is 1.12 bits per heavy atom. The van der Waals surface area contributed by atoms with E-state index >= 15 is 0 Å². The second-order valence-electron chi connectivity index (χ2n) is 8.72. The maximum absolute atomic E-state index is 13.7. The molecule has 3 aromatic heterocycles. The second-order valence-corrected chi connectivity index (χ2v) is 10.9. The fraction of sp³-hybridized carbons (Fsp3) is 0.348. The molecule has 2 atom stereocenters. The van der Waals surface area contributed by atoms with Gasteiger partial charge in [-0.05, 0) is 13.0 Å². The van der Waals surface area contributed by atoms with Crippen molar-refractivity contribution in [3.63, 3.8) is 0 Å². The van der Waals surface area contributed by atoms with Crippen molar-refractivity contribution in [2.45, 2.75) is 18.6 Å². The van der Waals surface area contributed by atoms with Crippen LogP contribution in [0.3, 0.4) is 0 Å². The summed E-state index contributed by atoms with van der Waals surface area (Å²) in [6.45, 7) is 3.73. The molecule has 40 heavy (non-hydrogen) atoms. The number of amides is 3. The smallest absolute Gasteiger partial charge is 0.285 e. The van der Waals surface area contributed by atoms with Gasteiger partial charge in [-0.3, -0.25) is 14.4 Å². The van der Waals surface area contributed by atoms with E-state index in [2.05, 4.69) is 30.6 Å². The first-order chi connectivity index (χ1) is 19.0. The Bertz CT molecular complexity index is 1420. The molecule has 1 aliphatic rings. The number of carbonyl (C=O) groups excluding carboxylic acids is 3. The maximum atomic E-state index is 13.7. The number of piperazine rings is 1. The van der Waals surface area contributed by atoms with Gasteiger partial charge in [0.05, 0.1) is 23.8 Å². The molecule has 4 rings (SSSR count). The standard InChI is InChI=1S/C23H25ClF2N9O3PS/c1-12(22-29-10-16(40-22)21(38)33-17-6-13(23(25,26)39)14(24)9-28-17)32-20(37)15-7-18(31-11-30-15)34-2-4-35(5-3-34)19(36)8-27/h6-7,9-12H,2-5,8,27,39H2,1H3,(H,32,37)(H,28,33,38). The zero-order valence-electron chi connectivity index (χ0n) is 21.1. The minimum absolute atomic E-state index is 0.0402. The number of hydrogen-bond donors (Lipinski definition) is 3. The monoisotopic (exact) mass is 611 g/mol. The van der Waals surface area contributed by atoms with Crippen LogP contribution in [0, 0.1) is 0 Å². The number of halogens is 3. The number of nitrogens with zero attached hydrogens (tertiary/aromatic N) is 6. The van der Waals surface area contributed by atoms with E-state index < -0.39 is 29.1 Å². The van der Waals surface area contributed by atoms with Crippen molar-refractivity contribution in [1.82, 2.24) is 30.2 Å². The molecule has 1 aliphatic heterocycles. The van der Waals surface area contributed by atoms with E-state index in [-0.39, 0.29) is 33.9 Å². The van der Waals surface area contributed by atoms with E-state index in [9.17, 15) is 23.2 Å². The summed E-state index contributed by atoms with van der Waals surface area (Å²) >= 11 is 6.81. The average molecular weight is 612 g/mol. The third kappa shape index (κ3) is 7.02. The molecule has 1 saturated heterocycles. The SMILES string of the molecule is CC(NC(=O)c1cc(N2CCN(C(=O)CN)CC2)ncn1)c1ncc(C(=O)Nc2cc(C(F)(F)P)c(Cl)cn2)s1. The van der Waals surface area contributed by atoms with Crippen molar-refractivity contribution in [3.8, 4) is 0 Å². The van der Waals surface area contributed by atoms with Gasteiger partial charge in [-0.15, -0.1) is 11.3 Å². The summed E-state index contributed by atoms with van der Waals surface area (Å²) in [5, 5.41) is 5.45. The molecule has 1 fully saturated rings. The molecule has 3 aromatic rings. The molecule has 0 aliphatic carbocycles. The predicted octanol–water partition coefficient (Wildman–Crippen LogP) is 2.26. The van der Waals surface area contributed by atoms with E-state index in [4.69, 9.17) is 17.3 Å². The number of alkyl halides is 2. The Morgan fingerprint density at radius 2 is 1.85 bits per heavy atom. The lowest BCUT2D eigenvalue weighted by molar-refractivity contribution is -0.129. The number of thiazole rings is 1. The highest BCUT2D eigenvalue weighted by Crippen LogP contribution is 2.39. The first-order valence-corrected chi connectivity index (χ1v) is 13.7. The Hall–Kier alpha value is -3.39. The molecule has 3 amide bonds. The minimum Gasteiger partial charge on any atom is -0.353 e. The summed E-state index contributed by atoms with van der Waals surface area (Å²) in [7, 11) is 1.38. The molecule has 0 aromatic carbocycles. The van der Waals surface area contributed by atoms with Crippen molar-refractivity contribution >= 4 is 61.5 Å². The Morgan fingerprint density at radius 3 is 2.52 bits per heavy atom. The molecule has 0 bridgehead atoms. The molecule has 12 nitrogen and oxygen atoms in total. The van der Waals surface area contributed by atoms with Crippen molar-refractivity contribution in [2.24, 2.45) is 5.73 Å². The fourth-order valence-electron chi connectivity index (χ4n) is 3.82. The lowest BCUT2D eigenvalue weighted by Gasteiger charge is -2.35. The van der Waals surface area contributed by atoms with Crippen molar-refractivity contribution in [2.75, 3.05) is 42.9 Å². The highest BCUT2D eigenvalue weighted by Gasteiger charge is 2.29. The van der Waals surface area contributed by atoms with Crippen molar-refractivity contribution in [1.29, 1.82) is 0 Å². The number of nitrogens with two attached hydrogens (primary N) is 1. The summed E-state index contributed by atoms with van der Waals surface area (Å²) < 4.78 is 27.4. The predicted molar refractivity (Wildman–Crippen MR) is 149 cm³/mol. The summed E-state index contributed by atoms with van der Waals surface area (Å²) in [6.07, 6.45) is 3.64. The normalized spacial score (nSPS) is 14.6. The van der Waals surface area contributed by atoms with E-state index in [0.29, 0.717) is 37.0 Å². The number of aromatic nitrogens is 4. The van der Waals surface area contributed by atoms with E-state index in [1.807, 2.05) is 4.90 Å². The second kappa shape index (κ2) is 12.4. The third-order valence-corrected chi connectivity index (χ3v) is 7.73. The molecule has 0 saturated carbocycles. The topological polar surface area (TPSA) is 159 Å². The Labute approximate surface area is 238 Å². The molecule has 0 radical (unpaired) electrons. The van der Waals surface area contributed by atoms with Gasteiger partial charge in [0.15, 0.2) is 0 Å². The number of rotatable bonds is 8. The van der Waals surface area contributed by atoms with E-state index in [0.717, 1.165) is 23.6 Å². The Kier molecular flexibility index (Phi) is 9.19. The zero-order chi connectivity index (χ0) is 29.0. The third-order valence-electron chi connectivity index (χ3n) is 5.94. The van der Waals surface area contributed by atoms with Crippen LogP contribution < -0.4 is 21.3 Å². The lowest BCUT2D eigenvalue weighted by atomic mass is 10.2. The average Bonchev–Trinajstić information content (AvgIpc) is 3.44. The van der Waals surface area contributed by atoms with Gasteiger partial charge in [-0.2, -0.15) is 8.78 Å². The van der Waals surface area contributed by atoms with Gasteiger partial charge in [0, 0.05) is 44.0 Å². The molecular formula is C23H25ClF2N9O3PS. The number of nitrogens with one attached hydrogen (secondary N) is 2. The van der Waals surface area contributed by atoms with Crippen LogP contribution in [-0.2, 0) is 10.5 Å². The molecular weight excluding hydrogens is 587 g/mol. The van der Waals surface area contributed by atoms with Crippen LogP contribution in [0.25, 0.3) is 0 Å². The molecule has 4 N–H and O–H groups in total. The van der Waals surface area contributed by atoms with Gasteiger partial charge in [0.2, 0.25) is 5.91 Å². The first-order valence-electron chi connectivity index (χ1n) is 11.9. The van der Waals surface area contributed by atoms with Crippen LogP contribution in [0.5, 0.6) is 0 Å². The van der Waals surface area contributed by atoms with Crippen LogP contribution >= 0.6 is 32.2 Å². The van der Waals surface area contributed by atoms with E-state index in [1.54, 1.807) is 17.9 Å². The van der Waals surface area contributed by atoms with Gasteiger partial charge < -0.3 is 26.2 Å². The highest BCUT2D eigenvalue weighted by atomic mass is 35.5. The van der Waals surface area contributed by atoms with Gasteiger partial charge in [0.25, 0.3) is 17.5 Å².